The minimum absolute atomic E-state index is 0.105. The quantitative estimate of drug-likeness (QED) is 0.617. The molecule has 0 aromatic rings. The molecule has 1 N–H and O–H groups in total. The van der Waals surface area contributed by atoms with Crippen LogP contribution in [-0.2, 0) is 0 Å². The minimum Gasteiger partial charge on any atom is -0.384 e. The van der Waals surface area contributed by atoms with Crippen LogP contribution < -0.4 is 0 Å². The van der Waals surface area contributed by atoms with Crippen LogP contribution in [0.4, 0.5) is 0 Å². The van der Waals surface area contributed by atoms with Crippen molar-refractivity contribution in [3.63, 3.8) is 0 Å². The average molecular weight is 187 g/mol. The SMILES string of the molecule is CC1=CC(C)=C(Cl)C(C)(O)C1C. The van der Waals surface area contributed by atoms with Crippen molar-refractivity contribution in [2.75, 3.05) is 0 Å². The van der Waals surface area contributed by atoms with E-state index in [9.17, 15) is 5.11 Å². The van der Waals surface area contributed by atoms with E-state index < -0.39 is 5.60 Å². The van der Waals surface area contributed by atoms with Crippen LogP contribution in [0, 0.1) is 5.92 Å². The Labute approximate surface area is 78.7 Å². The maximum atomic E-state index is 10.0. The van der Waals surface area contributed by atoms with Gasteiger partial charge in [-0.05, 0) is 26.3 Å². The average Bonchev–Trinajstić information content (AvgIpc) is 1.99. The van der Waals surface area contributed by atoms with Crippen LogP contribution in [0.5, 0.6) is 0 Å². The molecule has 1 rings (SSSR count). The molecule has 0 heterocycles. The van der Waals surface area contributed by atoms with E-state index in [2.05, 4.69) is 0 Å². The molecule has 0 radical (unpaired) electrons. The largest absolute Gasteiger partial charge is 0.384 e. The first kappa shape index (κ1) is 9.82. The maximum absolute atomic E-state index is 10.0. The number of hydrogen-bond donors (Lipinski definition) is 1. The summed E-state index contributed by atoms with van der Waals surface area (Å²) in [5.74, 6) is 0.105. The summed E-state index contributed by atoms with van der Waals surface area (Å²) in [7, 11) is 0. The second-order valence-electron chi connectivity index (χ2n) is 3.75. The first-order chi connectivity index (χ1) is 5.37. The van der Waals surface area contributed by atoms with Gasteiger partial charge in [-0.25, -0.2) is 0 Å². The summed E-state index contributed by atoms with van der Waals surface area (Å²) < 4.78 is 0. The van der Waals surface area contributed by atoms with E-state index in [-0.39, 0.29) is 5.92 Å². The summed E-state index contributed by atoms with van der Waals surface area (Å²) in [6.45, 7) is 7.69. The van der Waals surface area contributed by atoms with E-state index >= 15 is 0 Å². The third-order valence-electron chi connectivity index (χ3n) is 2.76. The van der Waals surface area contributed by atoms with E-state index in [4.69, 9.17) is 11.6 Å². The zero-order valence-electron chi connectivity index (χ0n) is 7.98. The summed E-state index contributed by atoms with van der Waals surface area (Å²) >= 11 is 6.00. The Morgan fingerprint density at radius 2 is 2.00 bits per heavy atom. The molecule has 2 unspecified atom stereocenters. The van der Waals surface area contributed by atoms with Gasteiger partial charge in [0.05, 0.1) is 5.03 Å². The summed E-state index contributed by atoms with van der Waals surface area (Å²) in [5, 5.41) is 10.6. The second kappa shape index (κ2) is 2.90. The fourth-order valence-corrected chi connectivity index (χ4v) is 1.78. The first-order valence-corrected chi connectivity index (χ1v) is 4.52. The predicted molar refractivity (Wildman–Crippen MR) is 52.1 cm³/mol. The lowest BCUT2D eigenvalue weighted by Gasteiger charge is -2.35. The van der Waals surface area contributed by atoms with Gasteiger partial charge in [0, 0.05) is 5.92 Å². The molecule has 12 heavy (non-hydrogen) atoms. The molecule has 0 saturated carbocycles. The van der Waals surface area contributed by atoms with E-state index in [1.807, 2.05) is 26.8 Å². The predicted octanol–water partition coefficient (Wildman–Crippen LogP) is 2.85. The van der Waals surface area contributed by atoms with Crippen molar-refractivity contribution in [1.29, 1.82) is 0 Å². The van der Waals surface area contributed by atoms with Gasteiger partial charge in [-0.3, -0.25) is 0 Å². The van der Waals surface area contributed by atoms with Crippen molar-refractivity contribution in [2.45, 2.75) is 33.3 Å². The Morgan fingerprint density at radius 3 is 2.50 bits per heavy atom. The molecule has 0 amide bonds. The van der Waals surface area contributed by atoms with Crippen molar-refractivity contribution >= 4 is 11.6 Å². The van der Waals surface area contributed by atoms with Gasteiger partial charge in [-0.15, -0.1) is 0 Å². The highest BCUT2D eigenvalue weighted by Gasteiger charge is 2.36. The van der Waals surface area contributed by atoms with Gasteiger partial charge in [-0.2, -0.15) is 0 Å². The molecule has 68 valence electrons. The molecule has 0 saturated heterocycles. The van der Waals surface area contributed by atoms with Crippen LogP contribution in [0.25, 0.3) is 0 Å². The second-order valence-corrected chi connectivity index (χ2v) is 4.13. The van der Waals surface area contributed by atoms with Crippen LogP contribution in [0.2, 0.25) is 0 Å². The molecule has 0 bridgehead atoms. The van der Waals surface area contributed by atoms with Gasteiger partial charge >= 0.3 is 0 Å². The smallest absolute Gasteiger partial charge is 0.104 e. The van der Waals surface area contributed by atoms with Crippen LogP contribution in [0.1, 0.15) is 27.7 Å². The lowest BCUT2D eigenvalue weighted by molar-refractivity contribution is 0.0623. The molecule has 0 aliphatic heterocycles. The Balaban J connectivity index is 3.18. The standard InChI is InChI=1S/C10H15ClO/c1-6-5-7(2)9(11)10(4,12)8(6)3/h5,8,12H,1-4H3. The Hall–Kier alpha value is -0.270. The highest BCUT2D eigenvalue weighted by molar-refractivity contribution is 6.31. The topological polar surface area (TPSA) is 20.2 Å². The molecule has 0 aromatic heterocycles. The van der Waals surface area contributed by atoms with Gasteiger partial charge in [0.1, 0.15) is 5.60 Å². The molecular formula is C10H15ClO. The number of aliphatic hydroxyl groups is 1. The van der Waals surface area contributed by atoms with Crippen molar-refractivity contribution in [2.24, 2.45) is 5.92 Å². The van der Waals surface area contributed by atoms with E-state index in [1.54, 1.807) is 6.92 Å². The fourth-order valence-electron chi connectivity index (χ4n) is 1.56. The van der Waals surface area contributed by atoms with Crippen molar-refractivity contribution in [3.05, 3.63) is 22.3 Å². The molecular weight excluding hydrogens is 172 g/mol. The first-order valence-electron chi connectivity index (χ1n) is 4.14. The molecule has 0 aromatic carbocycles. The number of allylic oxidation sites excluding steroid dienone is 2. The molecule has 2 atom stereocenters. The molecule has 1 nitrogen and oxygen atoms in total. The van der Waals surface area contributed by atoms with Crippen molar-refractivity contribution < 1.29 is 5.11 Å². The highest BCUT2D eigenvalue weighted by atomic mass is 35.5. The van der Waals surface area contributed by atoms with Crippen LogP contribution in [0.15, 0.2) is 22.3 Å². The molecule has 2 heteroatoms. The van der Waals surface area contributed by atoms with Crippen molar-refractivity contribution in [1.82, 2.24) is 0 Å². The van der Waals surface area contributed by atoms with Crippen molar-refractivity contribution in [3.8, 4) is 0 Å². The summed E-state index contributed by atoms with van der Waals surface area (Å²) in [5.41, 5.74) is 1.27. The minimum atomic E-state index is -0.884. The van der Waals surface area contributed by atoms with Gasteiger partial charge < -0.3 is 5.11 Å². The molecule has 1 aliphatic rings. The molecule has 0 fully saturated rings. The van der Waals surface area contributed by atoms with Crippen LogP contribution >= 0.6 is 11.6 Å². The van der Waals surface area contributed by atoms with Crippen LogP contribution in [0.3, 0.4) is 0 Å². The summed E-state index contributed by atoms with van der Waals surface area (Å²) in [4.78, 5) is 0. The molecule has 0 spiro atoms. The third kappa shape index (κ3) is 1.32. The molecule has 1 aliphatic carbocycles. The Morgan fingerprint density at radius 1 is 1.50 bits per heavy atom. The summed E-state index contributed by atoms with van der Waals surface area (Å²) in [6.07, 6.45) is 2.03. The lowest BCUT2D eigenvalue weighted by Crippen LogP contribution is -2.36. The van der Waals surface area contributed by atoms with Gasteiger partial charge in [0.25, 0.3) is 0 Å². The summed E-state index contributed by atoms with van der Waals surface area (Å²) in [6, 6.07) is 0. The lowest BCUT2D eigenvalue weighted by atomic mass is 9.79. The zero-order valence-corrected chi connectivity index (χ0v) is 8.74. The monoisotopic (exact) mass is 186 g/mol. The highest BCUT2D eigenvalue weighted by Crippen LogP contribution is 2.39. The fraction of sp³-hybridized carbons (Fsp3) is 0.600. The maximum Gasteiger partial charge on any atom is 0.104 e. The van der Waals surface area contributed by atoms with E-state index in [0.29, 0.717) is 5.03 Å². The number of halogens is 1. The number of hydrogen-bond acceptors (Lipinski definition) is 1. The van der Waals surface area contributed by atoms with E-state index in [1.165, 1.54) is 5.57 Å². The zero-order chi connectivity index (χ0) is 9.52. The third-order valence-corrected chi connectivity index (χ3v) is 3.44. The van der Waals surface area contributed by atoms with Crippen LogP contribution in [-0.4, -0.2) is 10.7 Å². The van der Waals surface area contributed by atoms with E-state index in [0.717, 1.165) is 5.57 Å². The Bertz CT molecular complexity index is 261. The van der Waals surface area contributed by atoms with Gasteiger partial charge in [-0.1, -0.05) is 30.2 Å². The number of rotatable bonds is 0. The Kier molecular flexibility index (Phi) is 2.37. The van der Waals surface area contributed by atoms with Gasteiger partial charge in [0.15, 0.2) is 0 Å². The van der Waals surface area contributed by atoms with Gasteiger partial charge in [0.2, 0.25) is 0 Å². The normalized spacial score (nSPS) is 36.8.